The summed E-state index contributed by atoms with van der Waals surface area (Å²) in [5.41, 5.74) is 0.757. The van der Waals surface area contributed by atoms with Crippen molar-refractivity contribution in [1.29, 1.82) is 0 Å². The quantitative estimate of drug-likeness (QED) is 0.765. The number of carbonyl (C=O) groups is 2. The van der Waals surface area contributed by atoms with Crippen LogP contribution in [0.25, 0.3) is 0 Å². The minimum absolute atomic E-state index is 0.150. The molecule has 0 aromatic carbocycles. The molecule has 2 aromatic rings. The maximum Gasteiger partial charge on any atom is 0.290 e. The summed E-state index contributed by atoms with van der Waals surface area (Å²) < 4.78 is 19.7. The molecule has 0 radical (unpaired) electrons. The standard InChI is InChI=1S/C18H22FN5O2.CH2O2/c1-3-14-16(19)17(22-12-21-14)23-7-4-8-24(10-9-23)18(25)15-11-13(26-2)5-6-20-15;2-1-3/h5-6,11-12H,3-4,7-10H2,1-2H3;1H,(H,2,3). The molecular weight excluding hydrogens is 381 g/mol. The van der Waals surface area contributed by atoms with Crippen molar-refractivity contribution in [3.05, 3.63) is 41.9 Å². The fourth-order valence-corrected chi connectivity index (χ4v) is 3.01. The first kappa shape index (κ1) is 22.0. The predicted molar refractivity (Wildman–Crippen MR) is 104 cm³/mol. The third-order valence-electron chi connectivity index (χ3n) is 4.45. The Labute approximate surface area is 168 Å². The van der Waals surface area contributed by atoms with Crippen LogP contribution in [0.1, 0.15) is 29.5 Å². The van der Waals surface area contributed by atoms with Crippen LogP contribution in [0.15, 0.2) is 24.7 Å². The Morgan fingerprint density at radius 2 is 2.03 bits per heavy atom. The van der Waals surface area contributed by atoms with Gasteiger partial charge in [0.1, 0.15) is 17.8 Å². The predicted octanol–water partition coefficient (Wildman–Crippen LogP) is 1.64. The van der Waals surface area contributed by atoms with Crippen molar-refractivity contribution >= 4 is 18.2 Å². The minimum Gasteiger partial charge on any atom is -0.497 e. The zero-order chi connectivity index (χ0) is 21.2. The molecule has 3 heterocycles. The fraction of sp³-hybridized carbons (Fsp3) is 0.421. The Morgan fingerprint density at radius 3 is 2.72 bits per heavy atom. The second-order valence-electron chi connectivity index (χ2n) is 6.13. The molecular formula is C19H24FN5O4. The lowest BCUT2D eigenvalue weighted by molar-refractivity contribution is -0.122. The smallest absolute Gasteiger partial charge is 0.290 e. The number of hydrogen-bond acceptors (Lipinski definition) is 7. The molecule has 3 rings (SSSR count). The Hall–Kier alpha value is -3.30. The Bertz CT molecular complexity index is 836. The molecule has 1 amide bonds. The fourth-order valence-electron chi connectivity index (χ4n) is 3.01. The van der Waals surface area contributed by atoms with Gasteiger partial charge in [-0.3, -0.25) is 14.6 Å². The zero-order valence-corrected chi connectivity index (χ0v) is 16.4. The molecule has 0 atom stereocenters. The highest BCUT2D eigenvalue weighted by atomic mass is 19.1. The summed E-state index contributed by atoms with van der Waals surface area (Å²) in [5, 5.41) is 6.89. The summed E-state index contributed by atoms with van der Waals surface area (Å²) in [7, 11) is 1.55. The molecule has 10 heteroatoms. The van der Waals surface area contributed by atoms with Crippen molar-refractivity contribution in [2.75, 3.05) is 38.2 Å². The highest BCUT2D eigenvalue weighted by Crippen LogP contribution is 2.20. The summed E-state index contributed by atoms with van der Waals surface area (Å²) in [4.78, 5) is 36.9. The van der Waals surface area contributed by atoms with Gasteiger partial charge in [-0.25, -0.2) is 14.4 Å². The molecule has 1 fully saturated rings. The topological polar surface area (TPSA) is 109 Å². The molecule has 0 aliphatic carbocycles. The van der Waals surface area contributed by atoms with Crippen LogP contribution in [0.2, 0.25) is 0 Å². The van der Waals surface area contributed by atoms with Crippen LogP contribution in [0.3, 0.4) is 0 Å². The van der Waals surface area contributed by atoms with Gasteiger partial charge in [0, 0.05) is 38.4 Å². The molecule has 2 aromatic heterocycles. The Morgan fingerprint density at radius 1 is 1.28 bits per heavy atom. The third-order valence-corrected chi connectivity index (χ3v) is 4.45. The maximum atomic E-state index is 14.5. The highest BCUT2D eigenvalue weighted by Gasteiger charge is 2.24. The van der Waals surface area contributed by atoms with E-state index in [1.54, 1.807) is 30.3 Å². The van der Waals surface area contributed by atoms with Crippen molar-refractivity contribution in [3.63, 3.8) is 0 Å². The van der Waals surface area contributed by atoms with Crippen LogP contribution in [-0.4, -0.2) is 70.6 Å². The average Bonchev–Trinajstić information content (AvgIpc) is 3.00. The van der Waals surface area contributed by atoms with Crippen molar-refractivity contribution in [3.8, 4) is 5.75 Å². The first-order valence-electron chi connectivity index (χ1n) is 9.17. The molecule has 1 aliphatic rings. The summed E-state index contributed by atoms with van der Waals surface area (Å²) in [6.45, 7) is 3.81. The largest absolute Gasteiger partial charge is 0.497 e. The summed E-state index contributed by atoms with van der Waals surface area (Å²) in [6, 6.07) is 3.33. The number of pyridine rings is 1. The summed E-state index contributed by atoms with van der Waals surface area (Å²) in [6.07, 6.45) is 4.19. The van der Waals surface area contributed by atoms with Gasteiger partial charge in [0.25, 0.3) is 12.4 Å². The number of rotatable bonds is 4. The molecule has 0 bridgehead atoms. The van der Waals surface area contributed by atoms with E-state index in [0.717, 1.165) is 6.42 Å². The van der Waals surface area contributed by atoms with E-state index in [9.17, 15) is 9.18 Å². The lowest BCUT2D eigenvalue weighted by Crippen LogP contribution is -2.36. The van der Waals surface area contributed by atoms with Crippen molar-refractivity contribution in [1.82, 2.24) is 19.9 Å². The molecule has 1 aliphatic heterocycles. The number of amides is 1. The number of ether oxygens (including phenoxy) is 1. The number of nitrogens with zero attached hydrogens (tertiary/aromatic N) is 5. The van der Waals surface area contributed by atoms with Crippen molar-refractivity contribution < 1.29 is 23.8 Å². The average molecular weight is 405 g/mol. The van der Waals surface area contributed by atoms with Gasteiger partial charge in [-0.2, -0.15) is 0 Å². The first-order chi connectivity index (χ1) is 14.0. The number of carboxylic acid groups (broad SMARTS) is 1. The number of hydrogen-bond donors (Lipinski definition) is 1. The van der Waals surface area contributed by atoms with Gasteiger partial charge < -0.3 is 19.6 Å². The maximum absolute atomic E-state index is 14.5. The number of carbonyl (C=O) groups excluding carboxylic acids is 1. The molecule has 0 saturated carbocycles. The van der Waals surface area contributed by atoms with E-state index in [2.05, 4.69) is 15.0 Å². The lowest BCUT2D eigenvalue weighted by atomic mass is 10.3. The zero-order valence-electron chi connectivity index (χ0n) is 16.4. The SMILES string of the molecule is CCc1ncnc(N2CCCN(C(=O)c3cc(OC)ccn3)CC2)c1F.O=CO. The van der Waals surface area contributed by atoms with E-state index in [4.69, 9.17) is 14.6 Å². The number of aryl methyl sites for hydroxylation is 1. The molecule has 29 heavy (non-hydrogen) atoms. The molecule has 1 saturated heterocycles. The number of halogens is 1. The van der Waals surface area contributed by atoms with E-state index < -0.39 is 0 Å². The van der Waals surface area contributed by atoms with Crippen LogP contribution in [0, 0.1) is 5.82 Å². The van der Waals surface area contributed by atoms with Crippen LogP contribution >= 0.6 is 0 Å². The van der Waals surface area contributed by atoms with E-state index in [1.807, 2.05) is 11.8 Å². The number of methoxy groups -OCH3 is 1. The van der Waals surface area contributed by atoms with E-state index in [1.165, 1.54) is 6.33 Å². The molecule has 0 unspecified atom stereocenters. The van der Waals surface area contributed by atoms with Gasteiger partial charge in [-0.1, -0.05) is 6.92 Å². The highest BCUT2D eigenvalue weighted by molar-refractivity contribution is 5.92. The van der Waals surface area contributed by atoms with Gasteiger partial charge in [-0.05, 0) is 18.9 Å². The van der Waals surface area contributed by atoms with Crippen LogP contribution in [0.4, 0.5) is 10.2 Å². The Kier molecular flexibility index (Phi) is 8.26. The third kappa shape index (κ3) is 5.59. The second kappa shape index (κ2) is 10.9. The summed E-state index contributed by atoms with van der Waals surface area (Å²) in [5.74, 6) is 0.382. The number of anilines is 1. The van der Waals surface area contributed by atoms with Crippen LogP contribution in [0.5, 0.6) is 5.75 Å². The second-order valence-corrected chi connectivity index (χ2v) is 6.13. The van der Waals surface area contributed by atoms with Crippen LogP contribution in [-0.2, 0) is 11.2 Å². The van der Waals surface area contributed by atoms with Gasteiger partial charge in [-0.15, -0.1) is 0 Å². The molecule has 0 spiro atoms. The normalized spacial score (nSPS) is 13.8. The van der Waals surface area contributed by atoms with Crippen LogP contribution < -0.4 is 9.64 Å². The Balaban J connectivity index is 0.000000941. The monoisotopic (exact) mass is 405 g/mol. The lowest BCUT2D eigenvalue weighted by Gasteiger charge is -2.23. The van der Waals surface area contributed by atoms with Gasteiger partial charge >= 0.3 is 0 Å². The van der Waals surface area contributed by atoms with E-state index in [-0.39, 0.29) is 18.2 Å². The minimum atomic E-state index is -0.371. The molecule has 156 valence electrons. The van der Waals surface area contributed by atoms with E-state index >= 15 is 0 Å². The first-order valence-corrected chi connectivity index (χ1v) is 9.17. The van der Waals surface area contributed by atoms with Crippen molar-refractivity contribution in [2.45, 2.75) is 19.8 Å². The van der Waals surface area contributed by atoms with Gasteiger partial charge in [0.2, 0.25) is 0 Å². The number of aromatic nitrogens is 3. The molecule has 1 N–H and O–H groups in total. The molecule has 9 nitrogen and oxygen atoms in total. The van der Waals surface area contributed by atoms with Gasteiger partial charge in [0.05, 0.1) is 12.8 Å². The van der Waals surface area contributed by atoms with Crippen molar-refractivity contribution in [2.24, 2.45) is 0 Å². The van der Waals surface area contributed by atoms with Gasteiger partial charge in [0.15, 0.2) is 11.6 Å². The van der Waals surface area contributed by atoms with E-state index in [0.29, 0.717) is 55.6 Å². The summed E-state index contributed by atoms with van der Waals surface area (Å²) >= 11 is 0.